The van der Waals surface area contributed by atoms with E-state index in [1.807, 2.05) is 0 Å². The molecule has 2 unspecified atom stereocenters. The average molecular weight is 437 g/mol. The van der Waals surface area contributed by atoms with E-state index in [-0.39, 0.29) is 41.6 Å². The Morgan fingerprint density at radius 1 is 1.12 bits per heavy atom. The van der Waals surface area contributed by atoms with Gasteiger partial charge in [-0.2, -0.15) is 0 Å². The fraction of sp³-hybridized carbons (Fsp3) is 0.348. The summed E-state index contributed by atoms with van der Waals surface area (Å²) in [7, 11) is 1.34. The number of ether oxygens (including phenoxy) is 1. The number of rotatable bonds is 6. The van der Waals surface area contributed by atoms with Crippen molar-refractivity contribution in [2.45, 2.75) is 25.7 Å². The Bertz CT molecular complexity index is 1060. The van der Waals surface area contributed by atoms with Crippen LogP contribution < -0.4 is 10.1 Å². The Kier molecular flexibility index (Phi) is 5.89. The van der Waals surface area contributed by atoms with Crippen LogP contribution in [0.2, 0.25) is 0 Å². The number of fused-ring (bicyclic) bond motifs is 1. The maximum absolute atomic E-state index is 13.1. The summed E-state index contributed by atoms with van der Waals surface area (Å²) in [6, 6.07) is 11.0. The SMILES string of the molecule is COc1ccc(NC(=O)C2CCCCC2CN2C(=O)c3ccccc3C2=O)cc1[N+](=O)[O-]. The topological polar surface area (TPSA) is 119 Å². The summed E-state index contributed by atoms with van der Waals surface area (Å²) < 4.78 is 5.00. The summed E-state index contributed by atoms with van der Waals surface area (Å²) in [5.74, 6) is -1.42. The van der Waals surface area contributed by atoms with Crippen molar-refractivity contribution in [3.05, 3.63) is 63.7 Å². The molecule has 0 saturated heterocycles. The van der Waals surface area contributed by atoms with Crippen LogP contribution >= 0.6 is 0 Å². The standard InChI is InChI=1S/C23H23N3O6/c1-32-20-11-10-15(12-19(20)26(30)31)24-21(27)16-7-3-2-6-14(16)13-25-22(28)17-8-4-5-9-18(17)23(25)29/h4-5,8-12,14,16H,2-3,6-7,13H2,1H3,(H,24,27). The lowest BCUT2D eigenvalue weighted by atomic mass is 9.78. The third-order valence-electron chi connectivity index (χ3n) is 6.18. The van der Waals surface area contributed by atoms with E-state index in [4.69, 9.17) is 4.74 Å². The van der Waals surface area contributed by atoms with Crippen molar-refractivity contribution in [3.63, 3.8) is 0 Å². The van der Waals surface area contributed by atoms with Crippen molar-refractivity contribution in [2.75, 3.05) is 19.0 Å². The van der Waals surface area contributed by atoms with Crippen molar-refractivity contribution in [1.29, 1.82) is 0 Å². The lowest BCUT2D eigenvalue weighted by Gasteiger charge is -2.32. The highest BCUT2D eigenvalue weighted by atomic mass is 16.6. The fourth-order valence-electron chi connectivity index (χ4n) is 4.56. The van der Waals surface area contributed by atoms with Crippen molar-refractivity contribution in [3.8, 4) is 5.75 Å². The van der Waals surface area contributed by atoms with Crippen molar-refractivity contribution < 1.29 is 24.0 Å². The Labute approximate surface area is 184 Å². The number of anilines is 1. The minimum absolute atomic E-state index is 0.106. The summed E-state index contributed by atoms with van der Waals surface area (Å²) >= 11 is 0. The van der Waals surface area contributed by atoms with Gasteiger partial charge in [-0.05, 0) is 43.0 Å². The zero-order valence-electron chi connectivity index (χ0n) is 17.6. The second kappa shape index (κ2) is 8.78. The van der Waals surface area contributed by atoms with E-state index in [1.165, 1.54) is 24.1 Å². The van der Waals surface area contributed by atoms with Crippen molar-refractivity contribution in [1.82, 2.24) is 4.90 Å². The first-order valence-electron chi connectivity index (χ1n) is 10.5. The van der Waals surface area contributed by atoms with Crippen LogP contribution in [0.5, 0.6) is 5.75 Å². The van der Waals surface area contributed by atoms with Gasteiger partial charge in [-0.3, -0.25) is 29.4 Å². The summed E-state index contributed by atoms with van der Waals surface area (Å²) in [5, 5.41) is 14.0. The molecule has 2 aromatic rings. The molecule has 1 saturated carbocycles. The third-order valence-corrected chi connectivity index (χ3v) is 6.18. The predicted molar refractivity (Wildman–Crippen MR) is 116 cm³/mol. The van der Waals surface area contributed by atoms with E-state index >= 15 is 0 Å². The van der Waals surface area contributed by atoms with Crippen LogP contribution in [0.3, 0.4) is 0 Å². The second-order valence-electron chi connectivity index (χ2n) is 8.05. The minimum Gasteiger partial charge on any atom is -0.490 e. The summed E-state index contributed by atoms with van der Waals surface area (Å²) in [4.78, 5) is 50.5. The summed E-state index contributed by atoms with van der Waals surface area (Å²) in [6.45, 7) is 0.174. The van der Waals surface area contributed by atoms with Gasteiger partial charge < -0.3 is 10.1 Å². The van der Waals surface area contributed by atoms with Gasteiger partial charge in [0.05, 0.1) is 23.2 Å². The molecule has 2 aromatic carbocycles. The number of hydrogen-bond acceptors (Lipinski definition) is 6. The molecule has 0 aromatic heterocycles. The molecule has 1 aliphatic carbocycles. The Morgan fingerprint density at radius 3 is 2.41 bits per heavy atom. The van der Waals surface area contributed by atoms with Crippen LogP contribution in [0.15, 0.2) is 42.5 Å². The van der Waals surface area contributed by atoms with E-state index < -0.39 is 10.8 Å². The molecule has 1 heterocycles. The first-order valence-corrected chi connectivity index (χ1v) is 10.5. The quantitative estimate of drug-likeness (QED) is 0.419. The van der Waals surface area contributed by atoms with Gasteiger partial charge >= 0.3 is 5.69 Å². The lowest BCUT2D eigenvalue weighted by Crippen LogP contribution is -2.41. The zero-order valence-corrected chi connectivity index (χ0v) is 17.6. The fourth-order valence-corrected chi connectivity index (χ4v) is 4.56. The van der Waals surface area contributed by atoms with Gasteiger partial charge in [0.15, 0.2) is 5.75 Å². The number of nitro groups is 1. The van der Waals surface area contributed by atoms with Gasteiger partial charge in [-0.1, -0.05) is 25.0 Å². The summed E-state index contributed by atoms with van der Waals surface area (Å²) in [5.41, 5.74) is 0.837. The number of benzene rings is 2. The van der Waals surface area contributed by atoms with Crippen LogP contribution in [0, 0.1) is 22.0 Å². The molecule has 166 valence electrons. The molecule has 32 heavy (non-hydrogen) atoms. The number of nitro benzene ring substituents is 1. The molecule has 2 aliphatic rings. The van der Waals surface area contributed by atoms with E-state index in [1.54, 1.807) is 30.3 Å². The average Bonchev–Trinajstić information content (AvgIpc) is 3.04. The van der Waals surface area contributed by atoms with E-state index in [0.717, 1.165) is 12.8 Å². The van der Waals surface area contributed by atoms with Gasteiger partial charge in [0.25, 0.3) is 11.8 Å². The molecular formula is C23H23N3O6. The summed E-state index contributed by atoms with van der Waals surface area (Å²) in [6.07, 6.45) is 3.11. The molecule has 4 rings (SSSR count). The first kappa shape index (κ1) is 21.5. The normalized spacial score (nSPS) is 20.1. The van der Waals surface area contributed by atoms with Crippen LogP contribution in [0.4, 0.5) is 11.4 Å². The predicted octanol–water partition coefficient (Wildman–Crippen LogP) is 3.64. The lowest BCUT2D eigenvalue weighted by molar-refractivity contribution is -0.385. The van der Waals surface area contributed by atoms with E-state index in [2.05, 4.69) is 5.32 Å². The highest BCUT2D eigenvalue weighted by Gasteiger charge is 2.40. The minimum atomic E-state index is -0.569. The van der Waals surface area contributed by atoms with Gasteiger partial charge in [0, 0.05) is 24.2 Å². The van der Waals surface area contributed by atoms with Crippen molar-refractivity contribution in [2.24, 2.45) is 11.8 Å². The molecule has 1 aliphatic heterocycles. The molecule has 0 radical (unpaired) electrons. The second-order valence-corrected chi connectivity index (χ2v) is 8.05. The van der Waals surface area contributed by atoms with Gasteiger partial charge in [-0.15, -0.1) is 0 Å². The Hall–Kier alpha value is -3.75. The molecule has 0 spiro atoms. The zero-order chi connectivity index (χ0) is 22.8. The molecule has 1 N–H and O–H groups in total. The Morgan fingerprint density at radius 2 is 1.78 bits per heavy atom. The maximum Gasteiger partial charge on any atom is 0.312 e. The maximum atomic E-state index is 13.1. The molecule has 9 heteroatoms. The van der Waals surface area contributed by atoms with Crippen LogP contribution in [-0.2, 0) is 4.79 Å². The highest BCUT2D eigenvalue weighted by Crippen LogP contribution is 2.35. The first-order chi connectivity index (χ1) is 15.4. The van der Waals surface area contributed by atoms with E-state index in [9.17, 15) is 24.5 Å². The largest absolute Gasteiger partial charge is 0.490 e. The van der Waals surface area contributed by atoms with Crippen LogP contribution in [0.1, 0.15) is 46.4 Å². The number of hydrogen-bond donors (Lipinski definition) is 1. The van der Waals surface area contributed by atoms with Gasteiger partial charge in [0.1, 0.15) is 0 Å². The Balaban J connectivity index is 1.50. The number of methoxy groups -OCH3 is 1. The number of carbonyl (C=O) groups is 3. The monoisotopic (exact) mass is 437 g/mol. The highest BCUT2D eigenvalue weighted by molar-refractivity contribution is 6.21. The smallest absolute Gasteiger partial charge is 0.312 e. The van der Waals surface area contributed by atoms with Crippen LogP contribution in [0.25, 0.3) is 0 Å². The van der Waals surface area contributed by atoms with Gasteiger partial charge in [0.2, 0.25) is 5.91 Å². The molecule has 2 atom stereocenters. The number of amides is 3. The third kappa shape index (κ3) is 3.93. The molecule has 9 nitrogen and oxygen atoms in total. The number of imide groups is 1. The van der Waals surface area contributed by atoms with Crippen molar-refractivity contribution >= 4 is 29.1 Å². The number of nitrogens with zero attached hydrogens (tertiary/aromatic N) is 2. The molecule has 1 fully saturated rings. The van der Waals surface area contributed by atoms with Crippen LogP contribution in [-0.4, -0.2) is 41.2 Å². The number of nitrogens with one attached hydrogen (secondary N) is 1. The molecule has 3 amide bonds. The molecule has 0 bridgehead atoms. The van der Waals surface area contributed by atoms with E-state index in [0.29, 0.717) is 29.7 Å². The molecular weight excluding hydrogens is 414 g/mol. The van der Waals surface area contributed by atoms with Gasteiger partial charge in [-0.25, -0.2) is 0 Å². The number of carbonyl (C=O) groups excluding carboxylic acids is 3.